The third-order valence-electron chi connectivity index (χ3n) is 1.91. The highest BCUT2D eigenvalue weighted by Crippen LogP contribution is 2.13. The Morgan fingerprint density at radius 1 is 1.25 bits per heavy atom. The molecule has 0 aliphatic heterocycles. The number of carbonyl (C=O) groups is 1. The van der Waals surface area contributed by atoms with Crippen molar-refractivity contribution in [2.75, 3.05) is 11.9 Å². The molecule has 0 unspecified atom stereocenters. The van der Waals surface area contributed by atoms with E-state index in [0.29, 0.717) is 11.6 Å². The van der Waals surface area contributed by atoms with Crippen molar-refractivity contribution < 1.29 is 4.79 Å². The number of carbonyl (C=O) groups excluding carboxylic acids is 1. The standard InChI is InChI=1S/C12H17ClN2O/c1-12(2,3)14-8-11(16)15-10-6-4-9(13)5-7-10/h4-7,14H,8H2,1-3H3,(H,15,16). The van der Waals surface area contributed by atoms with E-state index in [1.165, 1.54) is 0 Å². The molecule has 16 heavy (non-hydrogen) atoms. The molecule has 0 saturated heterocycles. The molecule has 0 spiro atoms. The predicted molar refractivity (Wildman–Crippen MR) is 67.8 cm³/mol. The summed E-state index contributed by atoms with van der Waals surface area (Å²) in [7, 11) is 0. The summed E-state index contributed by atoms with van der Waals surface area (Å²) in [5.41, 5.74) is 0.697. The molecule has 0 fully saturated rings. The second-order valence-electron chi connectivity index (χ2n) is 4.66. The van der Waals surface area contributed by atoms with Crippen LogP contribution in [0.2, 0.25) is 5.02 Å². The summed E-state index contributed by atoms with van der Waals surface area (Å²) in [6.45, 7) is 6.35. The third-order valence-corrected chi connectivity index (χ3v) is 2.16. The number of halogens is 1. The highest BCUT2D eigenvalue weighted by atomic mass is 35.5. The Balaban J connectivity index is 2.43. The van der Waals surface area contributed by atoms with E-state index in [4.69, 9.17) is 11.6 Å². The Morgan fingerprint density at radius 2 is 1.81 bits per heavy atom. The van der Waals surface area contributed by atoms with Crippen molar-refractivity contribution in [2.45, 2.75) is 26.3 Å². The van der Waals surface area contributed by atoms with Crippen LogP contribution in [0.25, 0.3) is 0 Å². The van der Waals surface area contributed by atoms with Crippen molar-refractivity contribution >= 4 is 23.2 Å². The molecule has 2 N–H and O–H groups in total. The lowest BCUT2D eigenvalue weighted by atomic mass is 10.1. The van der Waals surface area contributed by atoms with Gasteiger partial charge >= 0.3 is 0 Å². The molecule has 0 aromatic heterocycles. The van der Waals surface area contributed by atoms with Gasteiger partial charge < -0.3 is 10.6 Å². The van der Waals surface area contributed by atoms with E-state index in [1.807, 2.05) is 20.8 Å². The van der Waals surface area contributed by atoms with Crippen LogP contribution in [-0.4, -0.2) is 18.0 Å². The topological polar surface area (TPSA) is 41.1 Å². The van der Waals surface area contributed by atoms with Crippen molar-refractivity contribution in [1.82, 2.24) is 5.32 Å². The lowest BCUT2D eigenvalue weighted by Crippen LogP contribution is -2.41. The Labute approximate surface area is 101 Å². The first-order valence-electron chi connectivity index (χ1n) is 5.17. The monoisotopic (exact) mass is 240 g/mol. The first-order valence-corrected chi connectivity index (χ1v) is 5.55. The molecule has 0 heterocycles. The highest BCUT2D eigenvalue weighted by molar-refractivity contribution is 6.30. The lowest BCUT2D eigenvalue weighted by Gasteiger charge is -2.19. The van der Waals surface area contributed by atoms with Gasteiger partial charge in [0, 0.05) is 16.2 Å². The van der Waals surface area contributed by atoms with Crippen LogP contribution in [0.4, 0.5) is 5.69 Å². The Hall–Kier alpha value is -1.06. The SMILES string of the molecule is CC(C)(C)NCC(=O)Nc1ccc(Cl)cc1. The van der Waals surface area contributed by atoms with Crippen molar-refractivity contribution in [1.29, 1.82) is 0 Å². The molecule has 0 atom stereocenters. The zero-order valence-corrected chi connectivity index (χ0v) is 10.6. The zero-order chi connectivity index (χ0) is 12.2. The minimum Gasteiger partial charge on any atom is -0.325 e. The van der Waals surface area contributed by atoms with Crippen molar-refractivity contribution in [3.05, 3.63) is 29.3 Å². The van der Waals surface area contributed by atoms with E-state index >= 15 is 0 Å². The van der Waals surface area contributed by atoms with Crippen LogP contribution in [0.1, 0.15) is 20.8 Å². The second-order valence-corrected chi connectivity index (χ2v) is 5.10. The Morgan fingerprint density at radius 3 is 2.31 bits per heavy atom. The molecule has 1 rings (SSSR count). The van der Waals surface area contributed by atoms with Gasteiger partial charge in [0.05, 0.1) is 6.54 Å². The number of rotatable bonds is 3. The fraction of sp³-hybridized carbons (Fsp3) is 0.417. The zero-order valence-electron chi connectivity index (χ0n) is 9.80. The molecule has 88 valence electrons. The van der Waals surface area contributed by atoms with Crippen LogP contribution < -0.4 is 10.6 Å². The molecule has 0 bridgehead atoms. The van der Waals surface area contributed by atoms with Gasteiger partial charge in [0.1, 0.15) is 0 Å². The molecule has 1 aromatic rings. The van der Waals surface area contributed by atoms with Gasteiger partial charge in [0.2, 0.25) is 5.91 Å². The van der Waals surface area contributed by atoms with Crippen LogP contribution in [0, 0.1) is 0 Å². The lowest BCUT2D eigenvalue weighted by molar-refractivity contribution is -0.115. The molecule has 0 saturated carbocycles. The van der Waals surface area contributed by atoms with E-state index in [1.54, 1.807) is 24.3 Å². The van der Waals surface area contributed by atoms with Gasteiger partial charge in [-0.2, -0.15) is 0 Å². The fourth-order valence-electron chi connectivity index (χ4n) is 1.08. The minimum atomic E-state index is -0.0582. The Kier molecular flexibility index (Phi) is 4.33. The largest absolute Gasteiger partial charge is 0.325 e. The van der Waals surface area contributed by atoms with Gasteiger partial charge in [0.15, 0.2) is 0 Å². The van der Waals surface area contributed by atoms with E-state index in [9.17, 15) is 4.79 Å². The summed E-state index contributed by atoms with van der Waals surface area (Å²) in [5.74, 6) is -0.0581. The van der Waals surface area contributed by atoms with Gasteiger partial charge in [-0.1, -0.05) is 11.6 Å². The maximum atomic E-state index is 11.5. The summed E-state index contributed by atoms with van der Waals surface area (Å²) >= 11 is 5.74. The maximum Gasteiger partial charge on any atom is 0.238 e. The molecule has 0 aliphatic rings. The van der Waals surface area contributed by atoms with Crippen LogP contribution in [0.3, 0.4) is 0 Å². The number of anilines is 1. The summed E-state index contributed by atoms with van der Waals surface area (Å²) in [6.07, 6.45) is 0. The summed E-state index contributed by atoms with van der Waals surface area (Å²) in [5, 5.41) is 6.55. The van der Waals surface area contributed by atoms with Crippen molar-refractivity contribution in [3.8, 4) is 0 Å². The summed E-state index contributed by atoms with van der Waals surface area (Å²) < 4.78 is 0. The van der Waals surface area contributed by atoms with Crippen LogP contribution >= 0.6 is 11.6 Å². The molecule has 1 aromatic carbocycles. The van der Waals surface area contributed by atoms with Crippen LogP contribution in [0.5, 0.6) is 0 Å². The number of benzene rings is 1. The fourth-order valence-corrected chi connectivity index (χ4v) is 1.21. The van der Waals surface area contributed by atoms with E-state index in [-0.39, 0.29) is 11.4 Å². The number of hydrogen-bond acceptors (Lipinski definition) is 2. The minimum absolute atomic E-state index is 0.0581. The second kappa shape index (κ2) is 5.32. The van der Waals surface area contributed by atoms with Gasteiger partial charge in [-0.15, -0.1) is 0 Å². The first kappa shape index (κ1) is 13.0. The molecular weight excluding hydrogens is 224 g/mol. The molecule has 0 aliphatic carbocycles. The van der Waals surface area contributed by atoms with E-state index in [0.717, 1.165) is 5.69 Å². The van der Waals surface area contributed by atoms with Crippen LogP contribution in [0.15, 0.2) is 24.3 Å². The quantitative estimate of drug-likeness (QED) is 0.853. The molecule has 3 nitrogen and oxygen atoms in total. The average Bonchev–Trinajstić information content (AvgIpc) is 2.18. The molecule has 1 amide bonds. The van der Waals surface area contributed by atoms with Gasteiger partial charge in [-0.05, 0) is 45.0 Å². The highest BCUT2D eigenvalue weighted by Gasteiger charge is 2.11. The normalized spacial score (nSPS) is 11.2. The van der Waals surface area contributed by atoms with Crippen LogP contribution in [-0.2, 0) is 4.79 Å². The molecule has 4 heteroatoms. The van der Waals surface area contributed by atoms with Crippen molar-refractivity contribution in [3.63, 3.8) is 0 Å². The molecule has 0 radical (unpaired) electrons. The average molecular weight is 241 g/mol. The predicted octanol–water partition coefficient (Wildman–Crippen LogP) is 2.67. The first-order chi connectivity index (χ1) is 7.37. The summed E-state index contributed by atoms with van der Waals surface area (Å²) in [4.78, 5) is 11.5. The van der Waals surface area contributed by atoms with Gasteiger partial charge in [-0.25, -0.2) is 0 Å². The van der Waals surface area contributed by atoms with Gasteiger partial charge in [-0.3, -0.25) is 4.79 Å². The number of hydrogen-bond donors (Lipinski definition) is 2. The van der Waals surface area contributed by atoms with Gasteiger partial charge in [0.25, 0.3) is 0 Å². The third kappa shape index (κ3) is 5.14. The smallest absolute Gasteiger partial charge is 0.238 e. The number of nitrogens with one attached hydrogen (secondary N) is 2. The molecular formula is C12H17ClN2O. The van der Waals surface area contributed by atoms with E-state index in [2.05, 4.69) is 10.6 Å². The number of amides is 1. The van der Waals surface area contributed by atoms with E-state index < -0.39 is 0 Å². The maximum absolute atomic E-state index is 11.5. The van der Waals surface area contributed by atoms with Crippen molar-refractivity contribution in [2.24, 2.45) is 0 Å². The summed E-state index contributed by atoms with van der Waals surface area (Å²) in [6, 6.07) is 7.04. The Bertz CT molecular complexity index is 354.